The van der Waals surface area contributed by atoms with Crippen molar-refractivity contribution in [3.05, 3.63) is 59.9 Å². The van der Waals surface area contributed by atoms with Gasteiger partial charge in [-0.3, -0.25) is 19.4 Å². The number of alkyl halides is 3. The summed E-state index contributed by atoms with van der Waals surface area (Å²) in [6, 6.07) is 9.62. The molecule has 4 rings (SSSR count). The van der Waals surface area contributed by atoms with Gasteiger partial charge in [-0.2, -0.15) is 13.2 Å². The van der Waals surface area contributed by atoms with E-state index in [9.17, 15) is 27.6 Å². The van der Waals surface area contributed by atoms with Crippen LogP contribution in [0.3, 0.4) is 0 Å². The standard InChI is InChI=1S/C24H28N4O4.C2HF3O2/c1-32-19-6-2-5-18(15-19)23(30)28-14-4-8-21(28)24(31)27-13-3-7-20(27)22(29)26-16-17-9-11-25-12-10-17;3-2(4,5)1(6)7/h2,5-6,9-12,15,20-21H,3-4,7-8,13-14,16H2,1H3,(H,26,29);(H,6,7)/t20-,21-;/m0./s1. The predicted molar refractivity (Wildman–Crippen MR) is 132 cm³/mol. The summed E-state index contributed by atoms with van der Waals surface area (Å²) in [5.41, 5.74) is 1.45. The summed E-state index contributed by atoms with van der Waals surface area (Å²) in [5, 5.41) is 10.1. The predicted octanol–water partition coefficient (Wildman–Crippen LogP) is 2.64. The van der Waals surface area contributed by atoms with Crippen molar-refractivity contribution in [2.45, 2.75) is 50.5 Å². The van der Waals surface area contributed by atoms with Crippen molar-refractivity contribution in [1.29, 1.82) is 0 Å². The van der Waals surface area contributed by atoms with Crippen LogP contribution in [0, 0.1) is 0 Å². The van der Waals surface area contributed by atoms with Crippen LogP contribution in [0.15, 0.2) is 48.8 Å². The third-order valence-electron chi connectivity index (χ3n) is 6.41. The molecule has 210 valence electrons. The Hall–Kier alpha value is -4.16. The number of ether oxygens (including phenoxy) is 1. The van der Waals surface area contributed by atoms with E-state index in [4.69, 9.17) is 14.6 Å². The van der Waals surface area contributed by atoms with E-state index in [0.29, 0.717) is 43.8 Å². The van der Waals surface area contributed by atoms with Gasteiger partial charge >= 0.3 is 12.1 Å². The van der Waals surface area contributed by atoms with Crippen LogP contribution >= 0.6 is 0 Å². The Morgan fingerprint density at radius 2 is 1.64 bits per heavy atom. The second kappa shape index (κ2) is 13.1. The Morgan fingerprint density at radius 1 is 1.03 bits per heavy atom. The maximum absolute atomic E-state index is 13.4. The van der Waals surface area contributed by atoms with E-state index in [2.05, 4.69) is 10.3 Å². The summed E-state index contributed by atoms with van der Waals surface area (Å²) < 4.78 is 37.0. The number of benzene rings is 1. The molecule has 0 unspecified atom stereocenters. The molecular formula is C26H29F3N4O6. The topological polar surface area (TPSA) is 129 Å². The van der Waals surface area contributed by atoms with Crippen LogP contribution in [-0.4, -0.2) is 82.0 Å². The van der Waals surface area contributed by atoms with Crippen LogP contribution < -0.4 is 10.1 Å². The molecule has 2 aliphatic rings. The maximum Gasteiger partial charge on any atom is 0.490 e. The number of carbonyl (C=O) groups is 4. The molecule has 0 saturated carbocycles. The van der Waals surface area contributed by atoms with Crippen molar-refractivity contribution >= 4 is 23.7 Å². The van der Waals surface area contributed by atoms with Crippen LogP contribution in [0.4, 0.5) is 13.2 Å². The van der Waals surface area contributed by atoms with Crippen LogP contribution in [0.2, 0.25) is 0 Å². The number of halogens is 3. The molecule has 2 fully saturated rings. The smallest absolute Gasteiger partial charge is 0.490 e. The lowest BCUT2D eigenvalue weighted by Crippen LogP contribution is -2.52. The van der Waals surface area contributed by atoms with Gasteiger partial charge in [0, 0.05) is 37.6 Å². The highest BCUT2D eigenvalue weighted by molar-refractivity contribution is 5.99. The first-order valence-electron chi connectivity index (χ1n) is 12.2. The van der Waals surface area contributed by atoms with Gasteiger partial charge < -0.3 is 25.0 Å². The van der Waals surface area contributed by atoms with Gasteiger partial charge in [0.05, 0.1) is 7.11 Å². The molecule has 2 atom stereocenters. The molecule has 2 aromatic rings. The van der Waals surface area contributed by atoms with E-state index in [1.807, 2.05) is 12.1 Å². The number of aromatic nitrogens is 1. The molecule has 2 N–H and O–H groups in total. The molecule has 2 saturated heterocycles. The number of methoxy groups -OCH3 is 1. The van der Waals surface area contributed by atoms with Crippen LogP contribution in [0.25, 0.3) is 0 Å². The van der Waals surface area contributed by atoms with E-state index in [1.165, 1.54) is 0 Å². The number of hydrogen-bond donors (Lipinski definition) is 2. The highest BCUT2D eigenvalue weighted by Crippen LogP contribution is 2.27. The highest BCUT2D eigenvalue weighted by atomic mass is 19.4. The second-order valence-corrected chi connectivity index (χ2v) is 8.95. The number of carbonyl (C=O) groups excluding carboxylic acids is 3. The fourth-order valence-electron chi connectivity index (χ4n) is 4.49. The first-order valence-corrected chi connectivity index (χ1v) is 12.2. The summed E-state index contributed by atoms with van der Waals surface area (Å²) >= 11 is 0. The van der Waals surface area contributed by atoms with Crippen molar-refractivity contribution in [1.82, 2.24) is 20.1 Å². The maximum atomic E-state index is 13.4. The lowest BCUT2D eigenvalue weighted by Gasteiger charge is -2.31. The average Bonchev–Trinajstić information content (AvgIpc) is 3.62. The monoisotopic (exact) mass is 550 g/mol. The summed E-state index contributed by atoms with van der Waals surface area (Å²) in [5.74, 6) is -2.63. The molecule has 10 nitrogen and oxygen atoms in total. The zero-order valence-corrected chi connectivity index (χ0v) is 21.2. The molecule has 0 spiro atoms. The Bertz CT molecular complexity index is 1180. The first kappa shape index (κ1) is 29.4. The fourth-order valence-corrected chi connectivity index (χ4v) is 4.49. The molecule has 0 aliphatic carbocycles. The third kappa shape index (κ3) is 7.68. The number of rotatable bonds is 6. The van der Waals surface area contributed by atoms with E-state index in [-0.39, 0.29) is 17.7 Å². The van der Waals surface area contributed by atoms with Crippen LogP contribution in [0.1, 0.15) is 41.6 Å². The van der Waals surface area contributed by atoms with Gasteiger partial charge in [-0.1, -0.05) is 6.07 Å². The Labute approximate surface area is 222 Å². The van der Waals surface area contributed by atoms with Crippen molar-refractivity contribution in [2.75, 3.05) is 20.2 Å². The summed E-state index contributed by atoms with van der Waals surface area (Å²) in [7, 11) is 1.55. The number of pyridine rings is 1. The van der Waals surface area contributed by atoms with Gasteiger partial charge in [0.1, 0.15) is 17.8 Å². The van der Waals surface area contributed by atoms with Gasteiger partial charge in [-0.25, -0.2) is 4.79 Å². The largest absolute Gasteiger partial charge is 0.497 e. The number of aliphatic carboxylic acids is 1. The van der Waals surface area contributed by atoms with Gasteiger partial charge in [0.2, 0.25) is 11.8 Å². The van der Waals surface area contributed by atoms with Gasteiger partial charge in [-0.15, -0.1) is 0 Å². The summed E-state index contributed by atoms with van der Waals surface area (Å²) in [6.45, 7) is 1.45. The molecule has 3 amide bonds. The molecule has 0 bridgehead atoms. The Balaban J connectivity index is 0.000000532. The van der Waals surface area contributed by atoms with Crippen LogP contribution in [-0.2, 0) is 20.9 Å². The molecule has 0 radical (unpaired) electrons. The minimum Gasteiger partial charge on any atom is -0.497 e. The first-order chi connectivity index (χ1) is 18.5. The minimum absolute atomic E-state index is 0.139. The van der Waals surface area contributed by atoms with Crippen molar-refractivity contribution in [2.24, 2.45) is 0 Å². The molecule has 2 aliphatic heterocycles. The van der Waals surface area contributed by atoms with Crippen molar-refractivity contribution < 1.29 is 42.2 Å². The van der Waals surface area contributed by atoms with Gasteiger partial charge in [-0.05, 0) is 61.6 Å². The molecule has 1 aromatic heterocycles. The van der Waals surface area contributed by atoms with Gasteiger partial charge in [0.25, 0.3) is 5.91 Å². The lowest BCUT2D eigenvalue weighted by atomic mass is 10.1. The summed E-state index contributed by atoms with van der Waals surface area (Å²) in [6.07, 6.45) is 1.05. The molecule has 3 heterocycles. The Morgan fingerprint density at radius 3 is 2.26 bits per heavy atom. The second-order valence-electron chi connectivity index (χ2n) is 8.95. The molecular weight excluding hydrogens is 521 g/mol. The van der Waals surface area contributed by atoms with E-state index in [1.54, 1.807) is 53.6 Å². The summed E-state index contributed by atoms with van der Waals surface area (Å²) in [4.78, 5) is 55.6. The average molecular weight is 551 g/mol. The fraction of sp³-hybridized carbons (Fsp3) is 0.423. The molecule has 39 heavy (non-hydrogen) atoms. The van der Waals surface area contributed by atoms with E-state index >= 15 is 0 Å². The molecule has 1 aromatic carbocycles. The lowest BCUT2D eigenvalue weighted by molar-refractivity contribution is -0.192. The number of nitrogens with zero attached hydrogens (tertiary/aromatic N) is 3. The van der Waals surface area contributed by atoms with Crippen LogP contribution in [0.5, 0.6) is 5.75 Å². The van der Waals surface area contributed by atoms with Crippen molar-refractivity contribution in [3.8, 4) is 5.75 Å². The number of hydrogen-bond acceptors (Lipinski definition) is 6. The Kier molecular flexibility index (Phi) is 9.85. The van der Waals surface area contributed by atoms with E-state index in [0.717, 1.165) is 18.4 Å². The number of likely N-dealkylation sites (tertiary alicyclic amines) is 2. The van der Waals surface area contributed by atoms with Gasteiger partial charge in [0.15, 0.2) is 0 Å². The third-order valence-corrected chi connectivity index (χ3v) is 6.41. The minimum atomic E-state index is -5.08. The van der Waals surface area contributed by atoms with E-state index < -0.39 is 24.2 Å². The number of amides is 3. The zero-order valence-electron chi connectivity index (χ0n) is 21.2. The zero-order chi connectivity index (χ0) is 28.6. The number of nitrogens with one attached hydrogen (secondary N) is 1. The quantitative estimate of drug-likeness (QED) is 0.566. The number of carboxylic acids is 1. The molecule has 13 heteroatoms. The van der Waals surface area contributed by atoms with Crippen molar-refractivity contribution in [3.63, 3.8) is 0 Å². The number of carboxylic acid groups (broad SMARTS) is 1. The SMILES string of the molecule is COc1cccc(C(=O)N2CCC[C@H]2C(=O)N2CCC[C@H]2C(=O)NCc2ccncc2)c1.O=C(O)C(F)(F)F. The normalized spacial score (nSPS) is 18.7. The highest BCUT2D eigenvalue weighted by Gasteiger charge is 2.42.